The van der Waals surface area contributed by atoms with Crippen molar-refractivity contribution in [3.8, 4) is 0 Å². The van der Waals surface area contributed by atoms with Crippen molar-refractivity contribution in [2.75, 3.05) is 25.0 Å². The Kier molecular flexibility index (Phi) is 6.29. The van der Waals surface area contributed by atoms with Crippen LogP contribution in [-0.2, 0) is 4.79 Å². The zero-order valence-corrected chi connectivity index (χ0v) is 10.2. The average molecular weight is 236 g/mol. The molecule has 3 N–H and O–H groups in total. The Hall–Kier alpha value is -1.39. The van der Waals surface area contributed by atoms with Gasteiger partial charge in [-0.05, 0) is 44.0 Å². The number of hydrogen-bond acceptors (Lipinski definition) is 3. The van der Waals surface area contributed by atoms with Crippen LogP contribution in [0.3, 0.4) is 0 Å². The van der Waals surface area contributed by atoms with Crippen molar-refractivity contribution in [2.24, 2.45) is 0 Å². The third-order valence-electron chi connectivity index (χ3n) is 2.35. The predicted molar refractivity (Wildman–Crippen MR) is 69.0 cm³/mol. The minimum atomic E-state index is -0.0420. The number of nitrogens with one attached hydrogen (secondary N) is 2. The number of carbonyl (C=O) groups is 1. The fourth-order valence-corrected chi connectivity index (χ4v) is 1.49. The van der Waals surface area contributed by atoms with Crippen molar-refractivity contribution < 1.29 is 9.90 Å². The molecule has 0 saturated heterocycles. The molecule has 0 aliphatic heterocycles. The minimum Gasteiger partial charge on any atom is -0.396 e. The normalized spacial score (nSPS) is 10.2. The van der Waals surface area contributed by atoms with E-state index < -0.39 is 0 Å². The van der Waals surface area contributed by atoms with Crippen LogP contribution >= 0.6 is 0 Å². The standard InChI is InChI=1S/C13H20N2O2/c1-11-5-4-6-12(9-11)15-13(17)10-14-7-2-3-8-16/h4-6,9,14,16H,2-3,7-8,10H2,1H3,(H,15,17). The molecule has 1 amide bonds. The molecule has 0 aliphatic carbocycles. The SMILES string of the molecule is Cc1cccc(NC(=O)CNCCCCO)c1. The van der Waals surface area contributed by atoms with E-state index >= 15 is 0 Å². The number of anilines is 1. The minimum absolute atomic E-state index is 0.0420. The van der Waals surface area contributed by atoms with Gasteiger partial charge in [0.25, 0.3) is 0 Å². The van der Waals surface area contributed by atoms with E-state index in [0.717, 1.165) is 30.6 Å². The number of benzene rings is 1. The van der Waals surface area contributed by atoms with Crippen molar-refractivity contribution in [3.05, 3.63) is 29.8 Å². The Morgan fingerprint density at radius 1 is 1.35 bits per heavy atom. The van der Waals surface area contributed by atoms with E-state index in [9.17, 15) is 4.79 Å². The van der Waals surface area contributed by atoms with Crippen LogP contribution in [0.25, 0.3) is 0 Å². The molecule has 94 valence electrons. The van der Waals surface area contributed by atoms with Gasteiger partial charge in [0, 0.05) is 12.3 Å². The number of aryl methyl sites for hydroxylation is 1. The highest BCUT2D eigenvalue weighted by Gasteiger charge is 2.01. The van der Waals surface area contributed by atoms with E-state index in [-0.39, 0.29) is 12.5 Å². The van der Waals surface area contributed by atoms with Crippen LogP contribution < -0.4 is 10.6 Å². The molecule has 1 aromatic carbocycles. The lowest BCUT2D eigenvalue weighted by Gasteiger charge is -2.07. The number of carbonyl (C=O) groups excluding carboxylic acids is 1. The maximum absolute atomic E-state index is 11.5. The van der Waals surface area contributed by atoms with Crippen LogP contribution in [0.2, 0.25) is 0 Å². The third kappa shape index (κ3) is 6.04. The maximum Gasteiger partial charge on any atom is 0.238 e. The largest absolute Gasteiger partial charge is 0.396 e. The number of rotatable bonds is 7. The third-order valence-corrected chi connectivity index (χ3v) is 2.35. The van der Waals surface area contributed by atoms with Gasteiger partial charge in [0.05, 0.1) is 6.54 Å². The molecule has 0 atom stereocenters. The van der Waals surface area contributed by atoms with E-state index in [2.05, 4.69) is 10.6 Å². The summed E-state index contributed by atoms with van der Waals surface area (Å²) in [4.78, 5) is 11.5. The summed E-state index contributed by atoms with van der Waals surface area (Å²) in [7, 11) is 0. The topological polar surface area (TPSA) is 61.4 Å². The molecule has 17 heavy (non-hydrogen) atoms. The lowest BCUT2D eigenvalue weighted by atomic mass is 10.2. The first kappa shape index (κ1) is 13.7. The van der Waals surface area contributed by atoms with Gasteiger partial charge in [-0.25, -0.2) is 0 Å². The van der Waals surface area contributed by atoms with Gasteiger partial charge in [-0.3, -0.25) is 4.79 Å². The van der Waals surface area contributed by atoms with Crippen molar-refractivity contribution in [1.29, 1.82) is 0 Å². The summed E-state index contributed by atoms with van der Waals surface area (Å²) in [6.07, 6.45) is 1.65. The molecule has 1 aromatic rings. The lowest BCUT2D eigenvalue weighted by Crippen LogP contribution is -2.28. The van der Waals surface area contributed by atoms with Gasteiger partial charge in [0.1, 0.15) is 0 Å². The first-order chi connectivity index (χ1) is 8.22. The van der Waals surface area contributed by atoms with Crippen LogP contribution in [0.15, 0.2) is 24.3 Å². The molecule has 0 unspecified atom stereocenters. The maximum atomic E-state index is 11.5. The van der Waals surface area contributed by atoms with Crippen LogP contribution in [-0.4, -0.2) is 30.7 Å². The Labute approximate surface area is 102 Å². The average Bonchev–Trinajstić information content (AvgIpc) is 2.29. The Bertz CT molecular complexity index is 353. The predicted octanol–water partition coefficient (Wildman–Crippen LogP) is 1.30. The first-order valence-corrected chi connectivity index (χ1v) is 5.90. The van der Waals surface area contributed by atoms with Gasteiger partial charge in [0.2, 0.25) is 5.91 Å². The molecule has 0 spiro atoms. The summed E-state index contributed by atoms with van der Waals surface area (Å²) in [6.45, 7) is 3.25. The Morgan fingerprint density at radius 2 is 2.18 bits per heavy atom. The summed E-state index contributed by atoms with van der Waals surface area (Å²) in [5, 5.41) is 14.4. The van der Waals surface area contributed by atoms with Crippen molar-refractivity contribution in [2.45, 2.75) is 19.8 Å². The zero-order chi connectivity index (χ0) is 12.5. The van der Waals surface area contributed by atoms with Gasteiger partial charge in [-0.1, -0.05) is 12.1 Å². The summed E-state index contributed by atoms with van der Waals surface area (Å²) >= 11 is 0. The van der Waals surface area contributed by atoms with Crippen LogP contribution in [0.4, 0.5) is 5.69 Å². The molecule has 0 aromatic heterocycles. The molecule has 0 heterocycles. The molecule has 0 fully saturated rings. The molecule has 0 radical (unpaired) electrons. The summed E-state index contributed by atoms with van der Waals surface area (Å²) in [5.41, 5.74) is 1.95. The number of aliphatic hydroxyl groups is 1. The second-order valence-electron chi connectivity index (χ2n) is 4.03. The Balaban J connectivity index is 2.21. The van der Waals surface area contributed by atoms with Crippen LogP contribution in [0, 0.1) is 6.92 Å². The molecule has 0 bridgehead atoms. The first-order valence-electron chi connectivity index (χ1n) is 5.90. The number of amides is 1. The molecule has 4 heteroatoms. The van der Waals surface area contributed by atoms with Crippen molar-refractivity contribution in [1.82, 2.24) is 5.32 Å². The molecule has 0 aliphatic rings. The Morgan fingerprint density at radius 3 is 2.88 bits per heavy atom. The number of unbranched alkanes of at least 4 members (excludes halogenated alkanes) is 1. The fourth-order valence-electron chi connectivity index (χ4n) is 1.49. The van der Waals surface area contributed by atoms with Crippen molar-refractivity contribution in [3.63, 3.8) is 0 Å². The molecule has 0 saturated carbocycles. The van der Waals surface area contributed by atoms with E-state index in [1.54, 1.807) is 0 Å². The summed E-state index contributed by atoms with van der Waals surface area (Å²) in [6, 6.07) is 7.71. The molecular formula is C13H20N2O2. The van der Waals surface area contributed by atoms with E-state index in [4.69, 9.17) is 5.11 Å². The van der Waals surface area contributed by atoms with E-state index in [1.807, 2.05) is 31.2 Å². The number of aliphatic hydroxyl groups excluding tert-OH is 1. The quantitative estimate of drug-likeness (QED) is 0.625. The van der Waals surface area contributed by atoms with Gasteiger partial charge >= 0.3 is 0 Å². The smallest absolute Gasteiger partial charge is 0.238 e. The zero-order valence-electron chi connectivity index (χ0n) is 10.2. The second kappa shape index (κ2) is 7.81. The van der Waals surface area contributed by atoms with Gasteiger partial charge in [0.15, 0.2) is 0 Å². The fraction of sp³-hybridized carbons (Fsp3) is 0.462. The highest BCUT2D eigenvalue weighted by Crippen LogP contribution is 2.08. The number of hydrogen-bond donors (Lipinski definition) is 3. The highest BCUT2D eigenvalue weighted by atomic mass is 16.2. The van der Waals surface area contributed by atoms with Gasteiger partial charge in [-0.2, -0.15) is 0 Å². The lowest BCUT2D eigenvalue weighted by molar-refractivity contribution is -0.115. The highest BCUT2D eigenvalue weighted by molar-refractivity contribution is 5.92. The van der Waals surface area contributed by atoms with E-state index in [0.29, 0.717) is 6.54 Å². The van der Waals surface area contributed by atoms with Gasteiger partial charge in [-0.15, -0.1) is 0 Å². The van der Waals surface area contributed by atoms with E-state index in [1.165, 1.54) is 0 Å². The summed E-state index contributed by atoms with van der Waals surface area (Å²) in [5.74, 6) is -0.0420. The van der Waals surface area contributed by atoms with Gasteiger partial charge < -0.3 is 15.7 Å². The van der Waals surface area contributed by atoms with Crippen LogP contribution in [0.1, 0.15) is 18.4 Å². The molecule has 4 nitrogen and oxygen atoms in total. The molecule has 1 rings (SSSR count). The molecular weight excluding hydrogens is 216 g/mol. The summed E-state index contributed by atoms with van der Waals surface area (Å²) < 4.78 is 0. The van der Waals surface area contributed by atoms with Crippen molar-refractivity contribution >= 4 is 11.6 Å². The second-order valence-corrected chi connectivity index (χ2v) is 4.03. The monoisotopic (exact) mass is 236 g/mol. The van der Waals surface area contributed by atoms with Crippen LogP contribution in [0.5, 0.6) is 0 Å².